The van der Waals surface area contributed by atoms with Crippen LogP contribution in [0.2, 0.25) is 0 Å². The molecule has 0 radical (unpaired) electrons. The molecule has 1 aromatic heterocycles. The molecule has 0 bridgehead atoms. The van der Waals surface area contributed by atoms with Crippen molar-refractivity contribution in [2.75, 3.05) is 6.54 Å². The highest BCUT2D eigenvalue weighted by atomic mass is 32.1. The Balaban J connectivity index is 2.13. The van der Waals surface area contributed by atoms with E-state index < -0.39 is 0 Å². The van der Waals surface area contributed by atoms with E-state index in [9.17, 15) is 0 Å². The van der Waals surface area contributed by atoms with Crippen molar-refractivity contribution in [3.05, 3.63) is 57.3 Å². The van der Waals surface area contributed by atoms with Crippen LogP contribution in [0.5, 0.6) is 0 Å². The third-order valence-electron chi connectivity index (χ3n) is 3.83. The van der Waals surface area contributed by atoms with Gasteiger partial charge in [-0.2, -0.15) is 11.3 Å². The third kappa shape index (κ3) is 3.94. The number of hydrogen-bond acceptors (Lipinski definition) is 2. The minimum absolute atomic E-state index is 0.469. The average Bonchev–Trinajstić information content (AvgIpc) is 2.94. The summed E-state index contributed by atoms with van der Waals surface area (Å²) >= 11 is 1.79. The van der Waals surface area contributed by atoms with Gasteiger partial charge in [0.15, 0.2) is 0 Å². The molecule has 0 fully saturated rings. The predicted molar refractivity (Wildman–Crippen MR) is 89.6 cm³/mol. The zero-order chi connectivity index (χ0) is 14.4. The van der Waals surface area contributed by atoms with Crippen LogP contribution in [0, 0.1) is 13.8 Å². The van der Waals surface area contributed by atoms with Gasteiger partial charge in [0.1, 0.15) is 0 Å². The van der Waals surface area contributed by atoms with Crippen LogP contribution in [0.25, 0.3) is 0 Å². The van der Waals surface area contributed by atoms with Crippen LogP contribution in [0.15, 0.2) is 35.0 Å². The fourth-order valence-corrected chi connectivity index (χ4v) is 3.49. The van der Waals surface area contributed by atoms with Crippen LogP contribution in [0.1, 0.15) is 48.1 Å². The molecule has 0 saturated carbocycles. The molecular formula is C18H25NS. The molecule has 1 heterocycles. The molecule has 0 aliphatic carbocycles. The van der Waals surface area contributed by atoms with Gasteiger partial charge in [-0.05, 0) is 78.7 Å². The largest absolute Gasteiger partial charge is 0.310 e. The summed E-state index contributed by atoms with van der Waals surface area (Å²) < 4.78 is 0. The van der Waals surface area contributed by atoms with Crippen molar-refractivity contribution in [1.29, 1.82) is 0 Å². The standard InChI is InChI=1S/C18H25NS/c1-4-11-19-17(9-8-16-10-12-20-13-16)18-14(2)6-5-7-15(18)3/h5-7,10,12-13,17,19H,4,8-9,11H2,1-3H3. The Morgan fingerprint density at radius 1 is 1.15 bits per heavy atom. The van der Waals surface area contributed by atoms with E-state index in [1.54, 1.807) is 11.3 Å². The van der Waals surface area contributed by atoms with Gasteiger partial charge in [-0.1, -0.05) is 25.1 Å². The summed E-state index contributed by atoms with van der Waals surface area (Å²) in [6, 6.07) is 9.33. The van der Waals surface area contributed by atoms with Gasteiger partial charge >= 0.3 is 0 Å². The third-order valence-corrected chi connectivity index (χ3v) is 4.57. The highest BCUT2D eigenvalue weighted by molar-refractivity contribution is 7.07. The predicted octanol–water partition coefficient (Wildman–Crippen LogP) is 5.04. The molecule has 1 N–H and O–H groups in total. The zero-order valence-electron chi connectivity index (χ0n) is 12.8. The maximum atomic E-state index is 3.73. The monoisotopic (exact) mass is 287 g/mol. The molecule has 0 amide bonds. The first-order valence-electron chi connectivity index (χ1n) is 7.53. The SMILES string of the molecule is CCCNC(CCc1ccsc1)c1c(C)cccc1C. The fraction of sp³-hybridized carbons (Fsp3) is 0.444. The minimum atomic E-state index is 0.469. The normalized spacial score (nSPS) is 12.6. The summed E-state index contributed by atoms with van der Waals surface area (Å²) in [5, 5.41) is 8.17. The number of nitrogens with one attached hydrogen (secondary N) is 1. The molecule has 1 atom stereocenters. The Hall–Kier alpha value is -1.12. The molecule has 0 aliphatic heterocycles. The highest BCUT2D eigenvalue weighted by Gasteiger charge is 2.15. The molecule has 20 heavy (non-hydrogen) atoms. The van der Waals surface area contributed by atoms with E-state index in [1.807, 2.05) is 0 Å². The summed E-state index contributed by atoms with van der Waals surface area (Å²) in [5.74, 6) is 0. The van der Waals surface area contributed by atoms with Crippen LogP contribution >= 0.6 is 11.3 Å². The second-order valence-corrected chi connectivity index (χ2v) is 6.26. The summed E-state index contributed by atoms with van der Waals surface area (Å²) in [4.78, 5) is 0. The van der Waals surface area contributed by atoms with Gasteiger partial charge < -0.3 is 5.32 Å². The first-order chi connectivity index (χ1) is 9.72. The molecule has 2 aromatic rings. The molecule has 108 valence electrons. The van der Waals surface area contributed by atoms with E-state index in [0.717, 1.165) is 13.0 Å². The van der Waals surface area contributed by atoms with Gasteiger partial charge in [-0.3, -0.25) is 0 Å². The van der Waals surface area contributed by atoms with Gasteiger partial charge in [-0.25, -0.2) is 0 Å². The van der Waals surface area contributed by atoms with Crippen molar-refractivity contribution in [2.45, 2.75) is 46.1 Å². The molecule has 0 spiro atoms. The second kappa shape index (κ2) is 7.61. The van der Waals surface area contributed by atoms with E-state index in [1.165, 1.54) is 35.1 Å². The Morgan fingerprint density at radius 2 is 1.90 bits per heavy atom. The van der Waals surface area contributed by atoms with Crippen LogP contribution in [-0.2, 0) is 6.42 Å². The van der Waals surface area contributed by atoms with E-state index in [4.69, 9.17) is 0 Å². The molecule has 1 aromatic carbocycles. The van der Waals surface area contributed by atoms with Crippen LogP contribution < -0.4 is 5.32 Å². The van der Waals surface area contributed by atoms with Crippen LogP contribution in [-0.4, -0.2) is 6.54 Å². The number of rotatable bonds is 7. The molecule has 1 unspecified atom stereocenters. The first-order valence-corrected chi connectivity index (χ1v) is 8.47. The van der Waals surface area contributed by atoms with Crippen molar-refractivity contribution >= 4 is 11.3 Å². The Morgan fingerprint density at radius 3 is 2.50 bits per heavy atom. The van der Waals surface area contributed by atoms with E-state index in [-0.39, 0.29) is 0 Å². The highest BCUT2D eigenvalue weighted by Crippen LogP contribution is 2.26. The van der Waals surface area contributed by atoms with Crippen LogP contribution in [0.3, 0.4) is 0 Å². The van der Waals surface area contributed by atoms with E-state index >= 15 is 0 Å². The maximum absolute atomic E-state index is 3.73. The van der Waals surface area contributed by atoms with Gasteiger partial charge in [0.05, 0.1) is 0 Å². The molecule has 0 aliphatic rings. The Bertz CT molecular complexity index is 496. The lowest BCUT2D eigenvalue weighted by molar-refractivity contribution is 0.496. The average molecular weight is 287 g/mol. The molecule has 2 heteroatoms. The fourth-order valence-electron chi connectivity index (χ4n) is 2.79. The molecule has 0 saturated heterocycles. The van der Waals surface area contributed by atoms with Gasteiger partial charge in [0.2, 0.25) is 0 Å². The lowest BCUT2D eigenvalue weighted by Crippen LogP contribution is -2.24. The number of benzene rings is 1. The summed E-state index contributed by atoms with van der Waals surface area (Å²) in [5.41, 5.74) is 5.77. The summed E-state index contributed by atoms with van der Waals surface area (Å²) in [6.45, 7) is 7.77. The smallest absolute Gasteiger partial charge is 0.0328 e. The van der Waals surface area contributed by atoms with Gasteiger partial charge in [0.25, 0.3) is 0 Å². The van der Waals surface area contributed by atoms with E-state index in [2.05, 4.69) is 61.1 Å². The molecule has 1 nitrogen and oxygen atoms in total. The lowest BCUT2D eigenvalue weighted by Gasteiger charge is -2.23. The van der Waals surface area contributed by atoms with E-state index in [0.29, 0.717) is 6.04 Å². The van der Waals surface area contributed by atoms with Gasteiger partial charge in [0, 0.05) is 6.04 Å². The Kier molecular flexibility index (Phi) is 5.81. The number of thiophene rings is 1. The number of aryl methyl sites for hydroxylation is 3. The summed E-state index contributed by atoms with van der Waals surface area (Å²) in [6.07, 6.45) is 3.50. The first kappa shape index (κ1) is 15.3. The van der Waals surface area contributed by atoms with Crippen molar-refractivity contribution in [1.82, 2.24) is 5.32 Å². The zero-order valence-corrected chi connectivity index (χ0v) is 13.6. The van der Waals surface area contributed by atoms with Crippen molar-refractivity contribution in [3.63, 3.8) is 0 Å². The minimum Gasteiger partial charge on any atom is -0.310 e. The molecular weight excluding hydrogens is 262 g/mol. The maximum Gasteiger partial charge on any atom is 0.0328 e. The molecule has 2 rings (SSSR count). The topological polar surface area (TPSA) is 12.0 Å². The van der Waals surface area contributed by atoms with Crippen molar-refractivity contribution in [2.24, 2.45) is 0 Å². The van der Waals surface area contributed by atoms with Gasteiger partial charge in [-0.15, -0.1) is 0 Å². The Labute approximate surface area is 127 Å². The quantitative estimate of drug-likeness (QED) is 0.752. The van der Waals surface area contributed by atoms with Crippen molar-refractivity contribution < 1.29 is 0 Å². The number of hydrogen-bond donors (Lipinski definition) is 1. The summed E-state index contributed by atoms with van der Waals surface area (Å²) in [7, 11) is 0. The second-order valence-electron chi connectivity index (χ2n) is 5.48. The van der Waals surface area contributed by atoms with Crippen LogP contribution in [0.4, 0.5) is 0 Å². The lowest BCUT2D eigenvalue weighted by atomic mass is 9.92. The van der Waals surface area contributed by atoms with Crippen molar-refractivity contribution in [3.8, 4) is 0 Å².